The molecule has 0 heterocycles. The van der Waals surface area contributed by atoms with Gasteiger partial charge in [0.25, 0.3) is 0 Å². The van der Waals surface area contributed by atoms with Crippen molar-refractivity contribution in [2.24, 2.45) is 10.8 Å². The van der Waals surface area contributed by atoms with E-state index in [0.717, 1.165) is 33.4 Å². The summed E-state index contributed by atoms with van der Waals surface area (Å²) in [6.07, 6.45) is 26.4. The number of Topliss-reactive ketones (excluding diaryl/α,β-unsaturated/α-hetero) is 2. The van der Waals surface area contributed by atoms with Crippen LogP contribution in [0.2, 0.25) is 0 Å². The van der Waals surface area contributed by atoms with Crippen LogP contribution in [0.25, 0.3) is 0 Å². The molecule has 2 aliphatic carbocycles. The molecular formula is C54H74N4Na2O12. The van der Waals surface area contributed by atoms with Crippen molar-refractivity contribution in [1.29, 1.82) is 0 Å². The van der Waals surface area contributed by atoms with Crippen molar-refractivity contribution in [3.63, 3.8) is 0 Å². The third-order valence-electron chi connectivity index (χ3n) is 11.3. The number of esters is 2. The van der Waals surface area contributed by atoms with Crippen molar-refractivity contribution in [1.82, 2.24) is 21.3 Å². The van der Waals surface area contributed by atoms with E-state index < -0.39 is 72.1 Å². The fraction of sp³-hybridized carbons (Fsp3) is 0.444. The number of ketones is 2. The molecule has 0 saturated heterocycles. The molecule has 6 N–H and O–H groups in total. The van der Waals surface area contributed by atoms with Gasteiger partial charge in [-0.25, -0.2) is 9.59 Å². The summed E-state index contributed by atoms with van der Waals surface area (Å²) in [4.78, 5) is 96.3. The second-order valence-electron chi connectivity index (χ2n) is 18.6. The first-order valence-corrected chi connectivity index (χ1v) is 23.3. The first kappa shape index (κ1) is 66.9. The summed E-state index contributed by atoms with van der Waals surface area (Å²) in [5.41, 5.74) is 5.74. The third-order valence-corrected chi connectivity index (χ3v) is 11.3. The Kier molecular flexibility index (Phi) is 31.2. The number of ether oxygens (including phenoxy) is 2. The molecule has 2 aliphatic rings. The van der Waals surface area contributed by atoms with Gasteiger partial charge in [-0.15, -0.1) is 0 Å². The van der Waals surface area contributed by atoms with E-state index in [9.17, 15) is 38.4 Å². The molecule has 0 bridgehead atoms. The van der Waals surface area contributed by atoms with Gasteiger partial charge in [-0.3, -0.25) is 28.8 Å². The number of allylic oxidation sites excluding steroid dienone is 20. The van der Waals surface area contributed by atoms with Gasteiger partial charge in [-0.2, -0.15) is 0 Å². The molecule has 0 saturated carbocycles. The summed E-state index contributed by atoms with van der Waals surface area (Å²) in [5.74, 6) is -4.02. The quantitative estimate of drug-likeness (QED) is 0.0247. The van der Waals surface area contributed by atoms with Crippen LogP contribution in [0.1, 0.15) is 108 Å². The van der Waals surface area contributed by atoms with Crippen LogP contribution in [0.15, 0.2) is 130 Å². The van der Waals surface area contributed by atoms with Gasteiger partial charge in [0, 0.05) is 38.8 Å². The van der Waals surface area contributed by atoms with E-state index in [0.29, 0.717) is 11.1 Å². The molecule has 2 atom stereocenters. The molecule has 0 aromatic carbocycles. The second kappa shape index (κ2) is 33.6. The molecular weight excluding hydrogens is 943 g/mol. The van der Waals surface area contributed by atoms with Crippen LogP contribution in [-0.4, -0.2) is 155 Å². The van der Waals surface area contributed by atoms with Crippen molar-refractivity contribution >= 4 is 107 Å². The van der Waals surface area contributed by atoms with E-state index >= 15 is 0 Å². The fourth-order valence-electron chi connectivity index (χ4n) is 7.47. The molecule has 0 aliphatic heterocycles. The van der Waals surface area contributed by atoms with Crippen LogP contribution in [0.4, 0.5) is 9.59 Å². The molecule has 18 heteroatoms. The zero-order chi connectivity index (χ0) is 52.6. The molecule has 384 valence electrons. The molecule has 16 nitrogen and oxygen atoms in total. The van der Waals surface area contributed by atoms with Crippen LogP contribution in [0.5, 0.6) is 0 Å². The predicted octanol–water partition coefficient (Wildman–Crippen LogP) is 7.04. The van der Waals surface area contributed by atoms with Crippen LogP contribution >= 0.6 is 0 Å². The number of carbonyl (C=O) groups is 8. The molecule has 2 unspecified atom stereocenters. The summed E-state index contributed by atoms with van der Waals surface area (Å²) in [6, 6.07) is -1.27. The summed E-state index contributed by atoms with van der Waals surface area (Å²) in [6.45, 7) is 18.7. The molecule has 0 spiro atoms. The summed E-state index contributed by atoms with van der Waals surface area (Å²) < 4.78 is 10.9. The average Bonchev–Trinajstić information content (AvgIpc) is 3.27. The Labute approximate surface area is 469 Å². The molecule has 2 rings (SSSR count). The number of carboxylic acids is 2. The zero-order valence-corrected chi connectivity index (χ0v) is 42.3. The van der Waals surface area contributed by atoms with Crippen LogP contribution in [0, 0.1) is 10.8 Å². The van der Waals surface area contributed by atoms with Crippen LogP contribution in [0.3, 0.4) is 0 Å². The van der Waals surface area contributed by atoms with Gasteiger partial charge in [0.05, 0.1) is 0 Å². The maximum atomic E-state index is 13.2. The van der Waals surface area contributed by atoms with Crippen molar-refractivity contribution < 1.29 is 58.0 Å². The average molecular weight is 1020 g/mol. The Hall–Kier alpha value is -5.10. The Morgan fingerprint density at radius 1 is 0.542 bits per heavy atom. The number of carbonyl (C=O) groups excluding carboxylic acids is 6. The number of carboxylic acid groups (broad SMARTS) is 2. The Balaban J connectivity index is 0.0000252. The van der Waals surface area contributed by atoms with Gasteiger partial charge in [-0.1, -0.05) is 135 Å². The fourth-order valence-corrected chi connectivity index (χ4v) is 7.47. The molecule has 4 amide bonds. The molecule has 0 aromatic heterocycles. The second-order valence-corrected chi connectivity index (χ2v) is 18.6. The predicted molar refractivity (Wildman–Crippen MR) is 284 cm³/mol. The van der Waals surface area contributed by atoms with Crippen molar-refractivity contribution in [3.05, 3.63) is 130 Å². The van der Waals surface area contributed by atoms with Crippen molar-refractivity contribution in [3.8, 4) is 0 Å². The first-order valence-electron chi connectivity index (χ1n) is 23.3. The Bertz CT molecular complexity index is 2180. The molecule has 0 radical (unpaired) electrons. The molecule has 0 aromatic rings. The maximum absolute atomic E-state index is 13.2. The summed E-state index contributed by atoms with van der Waals surface area (Å²) in [5, 5.41) is 27.0. The van der Waals surface area contributed by atoms with E-state index in [1.165, 1.54) is 0 Å². The van der Waals surface area contributed by atoms with Gasteiger partial charge in [0.15, 0.2) is 23.8 Å². The third kappa shape index (κ3) is 25.5. The van der Waals surface area contributed by atoms with Gasteiger partial charge < -0.3 is 41.0 Å². The SMILES string of the molecule is CC1=C(/C=C/C(C)=C/C=C/C(C)=C/C=C/C=C(C)/C=C/C=C(C)/C=C/C2=C(C)C(=O)C(OC(=O)CNC(=O)NCCCC(=O)O)CC2(C)C)C(C)(C)CC(OC(=O)CNC(=O)NCCCC(=O)O)C1=O.[NaH].[NaH]. The normalized spacial score (nSPS) is 18.6. The number of urea groups is 2. The first-order chi connectivity index (χ1) is 32.8. The number of aliphatic carboxylic acids is 2. The summed E-state index contributed by atoms with van der Waals surface area (Å²) in [7, 11) is 0. The topological polar surface area (TPSA) is 244 Å². The van der Waals surface area contributed by atoms with Gasteiger partial charge in [0.2, 0.25) is 0 Å². The van der Waals surface area contributed by atoms with Crippen molar-refractivity contribution in [2.45, 2.75) is 120 Å². The number of hydrogen-bond acceptors (Lipinski definition) is 10. The minimum absolute atomic E-state index is 0. The number of hydrogen-bond donors (Lipinski definition) is 6. The zero-order valence-electron chi connectivity index (χ0n) is 42.3. The van der Waals surface area contributed by atoms with Gasteiger partial charge in [-0.05, 0) is 87.5 Å². The Morgan fingerprint density at radius 3 is 1.19 bits per heavy atom. The standard InChI is InChI=1S/C54H72N4O12.2Na.2H/c1-35(19-13-21-37(3)25-27-41-39(5)49(65)43(31-53(41,7)8)69-47(63)33-57-51(67)55-29-15-23-45(59)60)17-11-12-18-36(2)20-14-22-38(4)26-28-42-40(6)50(66)44(32-54(42,9)10)70-48(64)34-58-52(68)56-30-16-24-46(61)62;;;;/h11-14,17-22,25-28,43-44H,15-16,23-24,29-34H2,1-10H3,(H,59,60)(H,61,62)(H2,55,57,67)(H2,56,58,68);;;;/b12-11+,19-13+,20-14+,27-25+,28-26+,35-17+,36-18+,37-21+,38-22+;;;;. The van der Waals surface area contributed by atoms with Gasteiger partial charge in [0.1, 0.15) is 13.1 Å². The van der Waals surface area contributed by atoms with E-state index in [1.807, 2.05) is 140 Å². The van der Waals surface area contributed by atoms with Crippen LogP contribution < -0.4 is 21.3 Å². The number of nitrogens with one attached hydrogen (secondary N) is 4. The Morgan fingerprint density at radius 2 is 0.861 bits per heavy atom. The van der Waals surface area contributed by atoms with E-state index in [-0.39, 0.29) is 122 Å². The van der Waals surface area contributed by atoms with E-state index in [2.05, 4.69) is 21.3 Å². The number of rotatable bonds is 24. The van der Waals surface area contributed by atoms with Crippen molar-refractivity contribution in [2.75, 3.05) is 26.2 Å². The monoisotopic (exact) mass is 1020 g/mol. The number of amides is 4. The molecule has 72 heavy (non-hydrogen) atoms. The van der Waals surface area contributed by atoms with Gasteiger partial charge >= 0.3 is 95.1 Å². The van der Waals surface area contributed by atoms with E-state index in [4.69, 9.17) is 19.7 Å². The van der Waals surface area contributed by atoms with Crippen LogP contribution in [-0.2, 0) is 38.2 Å². The minimum atomic E-state index is -0.980. The van der Waals surface area contributed by atoms with E-state index in [1.54, 1.807) is 13.8 Å². The molecule has 0 fully saturated rings. The summed E-state index contributed by atoms with van der Waals surface area (Å²) >= 11 is 0.